The van der Waals surface area contributed by atoms with Crippen molar-refractivity contribution in [2.45, 2.75) is 46.1 Å². The first-order valence-corrected chi connectivity index (χ1v) is 9.34. The van der Waals surface area contributed by atoms with Gasteiger partial charge in [0.1, 0.15) is 0 Å². The number of benzene rings is 1. The average Bonchev–Trinajstić information content (AvgIpc) is 2.94. The molecule has 2 aromatic rings. The Kier molecular flexibility index (Phi) is 6.76. The molecule has 2 rings (SSSR count). The van der Waals surface area contributed by atoms with Gasteiger partial charge in [0.15, 0.2) is 6.10 Å². The predicted octanol–water partition coefficient (Wildman–Crippen LogP) is 4.22. The highest BCUT2D eigenvalue weighted by Crippen LogP contribution is 2.22. The van der Waals surface area contributed by atoms with Crippen LogP contribution in [0.1, 0.15) is 51.9 Å². The largest absolute Gasteiger partial charge is 0.449 e. The SMILES string of the molecule is CC[C@@H](CNC(=O)[C@@H](C)OC(=O)c1cc(C)sc1C)c1ccccc1. The van der Waals surface area contributed by atoms with Gasteiger partial charge in [-0.25, -0.2) is 4.79 Å². The fraction of sp³-hybridized carbons (Fsp3) is 0.400. The summed E-state index contributed by atoms with van der Waals surface area (Å²) in [7, 11) is 0. The standard InChI is InChI=1S/C20H25NO3S/c1-5-16(17-9-7-6-8-10-17)12-21-19(22)14(3)24-20(23)18-11-13(2)25-15(18)4/h6-11,14,16H,5,12H2,1-4H3,(H,21,22)/t14-,16+/m1/s1. The van der Waals surface area contributed by atoms with Gasteiger partial charge in [0, 0.05) is 22.2 Å². The third kappa shape index (κ3) is 5.16. The Balaban J connectivity index is 1.89. The van der Waals surface area contributed by atoms with Gasteiger partial charge in [-0.05, 0) is 38.8 Å². The van der Waals surface area contributed by atoms with Crippen molar-refractivity contribution in [3.8, 4) is 0 Å². The average molecular weight is 359 g/mol. The smallest absolute Gasteiger partial charge is 0.340 e. The molecule has 2 atom stereocenters. The number of thiophene rings is 1. The molecule has 1 aromatic heterocycles. The fourth-order valence-corrected chi connectivity index (χ4v) is 3.61. The Morgan fingerprint density at radius 2 is 1.88 bits per heavy atom. The maximum absolute atomic E-state index is 12.3. The Labute approximate surface area is 153 Å². The number of hydrogen-bond donors (Lipinski definition) is 1. The minimum Gasteiger partial charge on any atom is -0.449 e. The summed E-state index contributed by atoms with van der Waals surface area (Å²) in [6, 6.07) is 11.9. The molecule has 0 aliphatic heterocycles. The molecule has 0 saturated carbocycles. The molecular weight excluding hydrogens is 334 g/mol. The molecule has 1 N–H and O–H groups in total. The van der Waals surface area contributed by atoms with E-state index in [2.05, 4.69) is 24.4 Å². The zero-order valence-corrected chi connectivity index (χ0v) is 16.0. The summed E-state index contributed by atoms with van der Waals surface area (Å²) in [5.74, 6) is -0.471. The van der Waals surface area contributed by atoms with Crippen LogP contribution in [0.5, 0.6) is 0 Å². The first-order valence-electron chi connectivity index (χ1n) is 8.53. The van der Waals surface area contributed by atoms with E-state index in [-0.39, 0.29) is 11.8 Å². The van der Waals surface area contributed by atoms with Crippen LogP contribution in [0.25, 0.3) is 0 Å². The van der Waals surface area contributed by atoms with Crippen molar-refractivity contribution >= 4 is 23.2 Å². The lowest BCUT2D eigenvalue weighted by Crippen LogP contribution is -2.38. The molecule has 0 saturated heterocycles. The third-order valence-electron chi connectivity index (χ3n) is 4.20. The maximum atomic E-state index is 12.3. The maximum Gasteiger partial charge on any atom is 0.340 e. The van der Waals surface area contributed by atoms with Gasteiger partial charge >= 0.3 is 5.97 Å². The Morgan fingerprint density at radius 1 is 1.20 bits per heavy atom. The third-order valence-corrected chi connectivity index (χ3v) is 5.17. The van der Waals surface area contributed by atoms with Gasteiger partial charge in [-0.3, -0.25) is 4.79 Å². The van der Waals surface area contributed by atoms with Crippen LogP contribution in [0.4, 0.5) is 0 Å². The van der Waals surface area contributed by atoms with Crippen LogP contribution in [0.3, 0.4) is 0 Å². The van der Waals surface area contributed by atoms with E-state index in [9.17, 15) is 9.59 Å². The number of rotatable bonds is 7. The normalized spacial score (nSPS) is 13.1. The van der Waals surface area contributed by atoms with Crippen molar-refractivity contribution in [3.05, 3.63) is 57.3 Å². The van der Waals surface area contributed by atoms with Crippen molar-refractivity contribution in [1.29, 1.82) is 0 Å². The second-order valence-corrected chi connectivity index (χ2v) is 7.60. The molecule has 4 nitrogen and oxygen atoms in total. The van der Waals surface area contributed by atoms with Crippen molar-refractivity contribution in [2.24, 2.45) is 0 Å². The summed E-state index contributed by atoms with van der Waals surface area (Å²) in [4.78, 5) is 26.4. The topological polar surface area (TPSA) is 55.4 Å². The van der Waals surface area contributed by atoms with Gasteiger partial charge in [0.25, 0.3) is 5.91 Å². The van der Waals surface area contributed by atoms with Crippen LogP contribution in [0, 0.1) is 13.8 Å². The lowest BCUT2D eigenvalue weighted by Gasteiger charge is -2.18. The van der Waals surface area contributed by atoms with E-state index in [0.29, 0.717) is 12.1 Å². The second kappa shape index (κ2) is 8.81. The van der Waals surface area contributed by atoms with Crippen LogP contribution in [0.15, 0.2) is 36.4 Å². The zero-order chi connectivity index (χ0) is 18.4. The van der Waals surface area contributed by atoms with Crippen molar-refractivity contribution in [3.63, 3.8) is 0 Å². The van der Waals surface area contributed by atoms with Crippen LogP contribution in [-0.2, 0) is 9.53 Å². The van der Waals surface area contributed by atoms with Gasteiger partial charge in [-0.1, -0.05) is 37.3 Å². The number of carbonyl (C=O) groups excluding carboxylic acids is 2. The van der Waals surface area contributed by atoms with Gasteiger partial charge in [-0.15, -0.1) is 11.3 Å². The van der Waals surface area contributed by atoms with Gasteiger partial charge in [0.2, 0.25) is 0 Å². The van der Waals surface area contributed by atoms with Crippen molar-refractivity contribution in [1.82, 2.24) is 5.32 Å². The Hall–Kier alpha value is -2.14. The van der Waals surface area contributed by atoms with E-state index < -0.39 is 12.1 Å². The van der Waals surface area contributed by atoms with E-state index in [1.54, 1.807) is 24.3 Å². The monoisotopic (exact) mass is 359 g/mol. The zero-order valence-electron chi connectivity index (χ0n) is 15.2. The van der Waals surface area contributed by atoms with Crippen LogP contribution in [-0.4, -0.2) is 24.5 Å². The summed E-state index contributed by atoms with van der Waals surface area (Å²) in [5.41, 5.74) is 1.73. The molecule has 5 heteroatoms. The van der Waals surface area contributed by atoms with Crippen LogP contribution in [0.2, 0.25) is 0 Å². The van der Waals surface area contributed by atoms with Gasteiger partial charge in [0.05, 0.1) is 5.56 Å². The number of esters is 1. The molecule has 0 bridgehead atoms. The molecule has 1 heterocycles. The lowest BCUT2D eigenvalue weighted by atomic mass is 9.96. The molecule has 0 aliphatic carbocycles. The predicted molar refractivity (Wildman–Crippen MR) is 101 cm³/mol. The van der Waals surface area contributed by atoms with Gasteiger partial charge in [-0.2, -0.15) is 0 Å². The summed E-state index contributed by atoms with van der Waals surface area (Å²) in [5, 5.41) is 2.90. The summed E-state index contributed by atoms with van der Waals surface area (Å²) >= 11 is 1.55. The quantitative estimate of drug-likeness (QED) is 0.753. The molecule has 134 valence electrons. The van der Waals surface area contributed by atoms with E-state index in [1.165, 1.54) is 5.56 Å². The highest BCUT2D eigenvalue weighted by atomic mass is 32.1. The highest BCUT2D eigenvalue weighted by molar-refractivity contribution is 7.12. The molecule has 25 heavy (non-hydrogen) atoms. The van der Waals surface area contributed by atoms with E-state index in [0.717, 1.165) is 16.2 Å². The fourth-order valence-electron chi connectivity index (χ4n) is 2.70. The summed E-state index contributed by atoms with van der Waals surface area (Å²) in [6.07, 6.45) is 0.103. The summed E-state index contributed by atoms with van der Waals surface area (Å²) in [6.45, 7) is 8.04. The minimum absolute atomic E-state index is 0.245. The molecule has 0 radical (unpaired) electrons. The lowest BCUT2D eigenvalue weighted by molar-refractivity contribution is -0.129. The molecule has 0 fully saturated rings. The molecule has 0 spiro atoms. The first kappa shape index (κ1) is 19.2. The Bertz CT molecular complexity index is 724. The number of aryl methyl sites for hydroxylation is 2. The number of ether oxygens (including phenoxy) is 1. The molecule has 1 aromatic carbocycles. The second-order valence-electron chi connectivity index (χ2n) is 6.14. The number of amides is 1. The number of nitrogens with one attached hydrogen (secondary N) is 1. The van der Waals surface area contributed by atoms with E-state index in [4.69, 9.17) is 4.74 Å². The molecule has 0 unspecified atom stereocenters. The van der Waals surface area contributed by atoms with Crippen molar-refractivity contribution < 1.29 is 14.3 Å². The van der Waals surface area contributed by atoms with Crippen LogP contribution >= 0.6 is 11.3 Å². The van der Waals surface area contributed by atoms with Crippen molar-refractivity contribution in [2.75, 3.05) is 6.54 Å². The van der Waals surface area contributed by atoms with E-state index in [1.807, 2.05) is 32.0 Å². The molecule has 1 amide bonds. The first-order chi connectivity index (χ1) is 11.9. The Morgan fingerprint density at radius 3 is 2.44 bits per heavy atom. The number of carbonyl (C=O) groups is 2. The van der Waals surface area contributed by atoms with Crippen LogP contribution < -0.4 is 5.32 Å². The molecule has 0 aliphatic rings. The molecular formula is C20H25NO3S. The van der Waals surface area contributed by atoms with Gasteiger partial charge < -0.3 is 10.1 Å². The number of hydrogen-bond acceptors (Lipinski definition) is 4. The minimum atomic E-state index is -0.819. The van der Waals surface area contributed by atoms with E-state index >= 15 is 0 Å². The summed E-state index contributed by atoms with van der Waals surface area (Å²) < 4.78 is 5.32. The highest BCUT2D eigenvalue weighted by Gasteiger charge is 2.22.